The number of hydrogen-bond acceptors (Lipinski definition) is 2. The quantitative estimate of drug-likeness (QED) is 0.874. The minimum atomic E-state index is 0.000620. The molecule has 0 saturated heterocycles. The number of anilines is 1. The highest BCUT2D eigenvalue weighted by Gasteiger charge is 2.30. The molecule has 1 heterocycles. The van der Waals surface area contributed by atoms with Crippen molar-refractivity contribution in [3.63, 3.8) is 0 Å². The van der Waals surface area contributed by atoms with Gasteiger partial charge in [0.15, 0.2) is 0 Å². The van der Waals surface area contributed by atoms with Crippen LogP contribution in [0.15, 0.2) is 48.5 Å². The van der Waals surface area contributed by atoms with Crippen molar-refractivity contribution in [3.8, 4) is 5.75 Å². The van der Waals surface area contributed by atoms with E-state index in [4.69, 9.17) is 4.74 Å². The van der Waals surface area contributed by atoms with Crippen molar-refractivity contribution >= 4 is 5.69 Å². The predicted molar refractivity (Wildman–Crippen MR) is 78.7 cm³/mol. The van der Waals surface area contributed by atoms with E-state index in [-0.39, 0.29) is 5.54 Å². The zero-order valence-corrected chi connectivity index (χ0v) is 11.4. The number of rotatable bonds is 2. The smallest absolute Gasteiger partial charge is 0.118 e. The number of benzene rings is 2. The lowest BCUT2D eigenvalue weighted by Crippen LogP contribution is -2.35. The second kappa shape index (κ2) is 4.61. The van der Waals surface area contributed by atoms with Crippen molar-refractivity contribution in [1.82, 2.24) is 0 Å². The summed E-state index contributed by atoms with van der Waals surface area (Å²) in [5, 5.41) is 3.69. The summed E-state index contributed by atoms with van der Waals surface area (Å²) >= 11 is 0. The lowest BCUT2D eigenvalue weighted by molar-refractivity contribution is 0.413. The maximum Gasteiger partial charge on any atom is 0.118 e. The molecule has 0 radical (unpaired) electrons. The molecule has 2 nitrogen and oxygen atoms in total. The van der Waals surface area contributed by atoms with Gasteiger partial charge in [0.05, 0.1) is 12.6 Å². The van der Waals surface area contributed by atoms with E-state index in [2.05, 4.69) is 48.6 Å². The van der Waals surface area contributed by atoms with Gasteiger partial charge in [-0.25, -0.2) is 0 Å². The van der Waals surface area contributed by atoms with E-state index < -0.39 is 0 Å². The lowest BCUT2D eigenvalue weighted by Gasteiger charge is -2.37. The second-order valence-electron chi connectivity index (χ2n) is 5.34. The first-order valence-corrected chi connectivity index (χ1v) is 6.72. The Balaban J connectivity index is 1.92. The Kier molecular flexibility index (Phi) is 2.94. The van der Waals surface area contributed by atoms with Gasteiger partial charge in [-0.1, -0.05) is 30.3 Å². The number of fused-ring (bicyclic) bond motifs is 1. The molecule has 3 rings (SSSR count). The van der Waals surface area contributed by atoms with Crippen LogP contribution in [0.4, 0.5) is 5.69 Å². The lowest BCUT2D eigenvalue weighted by atomic mass is 9.82. The topological polar surface area (TPSA) is 21.3 Å². The molecule has 1 aliphatic rings. The van der Waals surface area contributed by atoms with Crippen LogP contribution in [-0.4, -0.2) is 7.11 Å². The van der Waals surface area contributed by atoms with Gasteiger partial charge < -0.3 is 10.1 Å². The van der Waals surface area contributed by atoms with E-state index in [1.807, 2.05) is 12.1 Å². The molecular weight excluding hydrogens is 234 g/mol. The molecule has 98 valence electrons. The highest BCUT2D eigenvalue weighted by atomic mass is 16.5. The third kappa shape index (κ3) is 2.19. The summed E-state index contributed by atoms with van der Waals surface area (Å²) in [6.45, 7) is 2.27. The molecule has 0 amide bonds. The molecule has 1 N–H and O–H groups in total. The Morgan fingerprint density at radius 2 is 1.79 bits per heavy atom. The van der Waals surface area contributed by atoms with Crippen molar-refractivity contribution in [1.29, 1.82) is 0 Å². The largest absolute Gasteiger partial charge is 0.497 e. The van der Waals surface area contributed by atoms with Gasteiger partial charge in [-0.15, -0.1) is 0 Å². The molecule has 2 aromatic carbocycles. The van der Waals surface area contributed by atoms with E-state index >= 15 is 0 Å². The summed E-state index contributed by atoms with van der Waals surface area (Å²) in [6, 6.07) is 16.9. The monoisotopic (exact) mass is 253 g/mol. The summed E-state index contributed by atoms with van der Waals surface area (Å²) in [4.78, 5) is 0. The number of ether oxygens (including phenoxy) is 1. The van der Waals surface area contributed by atoms with E-state index in [9.17, 15) is 0 Å². The summed E-state index contributed by atoms with van der Waals surface area (Å²) in [5.41, 5.74) is 3.98. The van der Waals surface area contributed by atoms with Gasteiger partial charge >= 0.3 is 0 Å². The van der Waals surface area contributed by atoms with Crippen molar-refractivity contribution < 1.29 is 4.74 Å². The van der Waals surface area contributed by atoms with Crippen molar-refractivity contribution in [2.45, 2.75) is 25.3 Å². The highest BCUT2D eigenvalue weighted by molar-refractivity contribution is 5.56. The van der Waals surface area contributed by atoms with Crippen LogP contribution in [0, 0.1) is 0 Å². The molecule has 2 aromatic rings. The number of hydrogen-bond donors (Lipinski definition) is 1. The van der Waals surface area contributed by atoms with Gasteiger partial charge in [-0.2, -0.15) is 0 Å². The Morgan fingerprint density at radius 3 is 2.53 bits per heavy atom. The van der Waals surface area contributed by atoms with Crippen molar-refractivity contribution in [2.75, 3.05) is 12.4 Å². The fourth-order valence-electron chi connectivity index (χ4n) is 2.78. The highest BCUT2D eigenvalue weighted by Crippen LogP contribution is 2.37. The maximum absolute atomic E-state index is 5.23. The Morgan fingerprint density at radius 1 is 1.05 bits per heavy atom. The molecule has 2 heteroatoms. The van der Waals surface area contributed by atoms with Crippen LogP contribution in [0.1, 0.15) is 24.5 Å². The summed E-state index contributed by atoms with van der Waals surface area (Å²) < 4.78 is 5.23. The minimum Gasteiger partial charge on any atom is -0.497 e. The third-order valence-corrected chi connectivity index (χ3v) is 4.05. The third-order valence-electron chi connectivity index (χ3n) is 4.05. The molecule has 0 aliphatic carbocycles. The van der Waals surface area contributed by atoms with Gasteiger partial charge in [0.1, 0.15) is 5.75 Å². The molecule has 0 spiro atoms. The van der Waals surface area contributed by atoms with Gasteiger partial charge in [-0.05, 0) is 49.1 Å². The van der Waals surface area contributed by atoms with Crippen LogP contribution in [0.5, 0.6) is 5.75 Å². The Hall–Kier alpha value is -1.96. The van der Waals surface area contributed by atoms with Gasteiger partial charge in [0.2, 0.25) is 0 Å². The van der Waals surface area contributed by atoms with Gasteiger partial charge in [0.25, 0.3) is 0 Å². The fourth-order valence-corrected chi connectivity index (χ4v) is 2.78. The first-order chi connectivity index (χ1) is 9.21. The molecule has 0 bridgehead atoms. The molecule has 1 atom stereocenters. The first-order valence-electron chi connectivity index (χ1n) is 6.72. The van der Waals surface area contributed by atoms with Crippen LogP contribution in [0.3, 0.4) is 0 Å². The predicted octanol–water partition coefficient (Wildman–Crippen LogP) is 3.97. The normalized spacial score (nSPS) is 21.4. The van der Waals surface area contributed by atoms with Crippen LogP contribution in [0.25, 0.3) is 0 Å². The van der Waals surface area contributed by atoms with Crippen LogP contribution in [-0.2, 0) is 12.0 Å². The number of para-hydroxylation sites is 1. The summed E-state index contributed by atoms with van der Waals surface area (Å²) in [5.74, 6) is 0.906. The van der Waals surface area contributed by atoms with Crippen LogP contribution in [0.2, 0.25) is 0 Å². The molecule has 1 aliphatic heterocycles. The molecule has 0 saturated carbocycles. The Bertz CT molecular complexity index is 576. The molecule has 0 aromatic heterocycles. The van der Waals surface area contributed by atoms with E-state index in [1.165, 1.54) is 16.8 Å². The average Bonchev–Trinajstić information content (AvgIpc) is 2.47. The van der Waals surface area contributed by atoms with E-state index in [1.54, 1.807) is 7.11 Å². The number of aryl methyl sites for hydroxylation is 1. The molecule has 1 unspecified atom stereocenters. The van der Waals surface area contributed by atoms with Crippen LogP contribution < -0.4 is 10.1 Å². The van der Waals surface area contributed by atoms with Crippen molar-refractivity contribution in [2.24, 2.45) is 0 Å². The molecule has 19 heavy (non-hydrogen) atoms. The average molecular weight is 253 g/mol. The zero-order chi connectivity index (χ0) is 13.3. The standard InChI is InChI=1S/C17H19NO/c1-17(14-7-9-15(19-2)10-8-14)12-11-13-5-3-4-6-16(13)18-17/h3-10,18H,11-12H2,1-2H3. The fraction of sp³-hybridized carbons (Fsp3) is 0.294. The SMILES string of the molecule is COc1ccc(C2(C)CCc3ccccc3N2)cc1. The number of nitrogens with one attached hydrogen (secondary N) is 1. The molecular formula is C17H19NO. The van der Waals surface area contributed by atoms with Gasteiger partial charge in [-0.3, -0.25) is 0 Å². The zero-order valence-electron chi connectivity index (χ0n) is 11.4. The summed E-state index contributed by atoms with van der Waals surface area (Å²) in [7, 11) is 1.70. The van der Waals surface area contributed by atoms with Crippen molar-refractivity contribution in [3.05, 3.63) is 59.7 Å². The summed E-state index contributed by atoms with van der Waals surface area (Å²) in [6.07, 6.45) is 2.22. The van der Waals surface area contributed by atoms with E-state index in [0.29, 0.717) is 0 Å². The first kappa shape index (κ1) is 12.1. The molecule has 0 fully saturated rings. The maximum atomic E-state index is 5.23. The Labute approximate surface area is 114 Å². The number of methoxy groups -OCH3 is 1. The minimum absolute atomic E-state index is 0.000620. The van der Waals surface area contributed by atoms with E-state index in [0.717, 1.165) is 18.6 Å². The second-order valence-corrected chi connectivity index (χ2v) is 5.34. The van der Waals surface area contributed by atoms with Gasteiger partial charge in [0, 0.05) is 5.69 Å². The van der Waals surface area contributed by atoms with Crippen LogP contribution >= 0.6 is 0 Å².